The van der Waals surface area contributed by atoms with E-state index in [-0.39, 0.29) is 58.2 Å². The Labute approximate surface area is 248 Å². The molecule has 7 rings (SSSR count). The quantitative estimate of drug-likeness (QED) is 0.422. The topological polar surface area (TPSA) is 105 Å². The number of nitrogens with zero attached hydrogens (tertiary/aromatic N) is 2. The van der Waals surface area contributed by atoms with Gasteiger partial charge >= 0.3 is 17.6 Å². The predicted molar refractivity (Wildman–Crippen MR) is 156 cm³/mol. The van der Waals surface area contributed by atoms with Crippen molar-refractivity contribution in [3.8, 4) is 0 Å². The van der Waals surface area contributed by atoms with Crippen LogP contribution in [0.25, 0.3) is 0 Å². The number of fused-ring (bicyclic) bond motifs is 3. The third-order valence-electron chi connectivity index (χ3n) is 12.9. The molecule has 1 spiro atoms. The van der Waals surface area contributed by atoms with Crippen LogP contribution >= 0.6 is 0 Å². The van der Waals surface area contributed by atoms with Gasteiger partial charge in [-0.25, -0.2) is 9.59 Å². The molecule has 0 unspecified atom stereocenters. The van der Waals surface area contributed by atoms with E-state index in [9.17, 15) is 14.4 Å². The molecule has 230 valence electrons. The van der Waals surface area contributed by atoms with E-state index in [2.05, 4.69) is 24.1 Å². The lowest BCUT2D eigenvalue weighted by molar-refractivity contribution is -0.156. The van der Waals surface area contributed by atoms with Crippen LogP contribution in [0.2, 0.25) is 0 Å². The Kier molecular flexibility index (Phi) is 6.81. The number of carbonyl (C=O) groups excluding carboxylic acids is 2. The molecule has 2 saturated heterocycles. The third kappa shape index (κ3) is 4.05. The normalized spacial score (nSPS) is 44.1. The van der Waals surface area contributed by atoms with Gasteiger partial charge in [0, 0.05) is 57.0 Å². The highest BCUT2D eigenvalue weighted by Crippen LogP contribution is 2.78. The summed E-state index contributed by atoms with van der Waals surface area (Å²) in [6.45, 7) is 9.79. The summed E-state index contributed by atoms with van der Waals surface area (Å²) in [5, 5.41) is 3.41. The molecule has 0 aromatic carbocycles. The number of amides is 2. The van der Waals surface area contributed by atoms with Crippen LogP contribution in [0.5, 0.6) is 0 Å². The largest absolute Gasteiger partial charge is 0.459 e. The molecular weight excluding hydrogens is 534 g/mol. The van der Waals surface area contributed by atoms with E-state index < -0.39 is 0 Å². The van der Waals surface area contributed by atoms with Crippen LogP contribution in [0.15, 0.2) is 27.6 Å². The van der Waals surface area contributed by atoms with Gasteiger partial charge in [0.2, 0.25) is 0 Å². The van der Waals surface area contributed by atoms with Gasteiger partial charge in [-0.05, 0) is 92.7 Å². The van der Waals surface area contributed by atoms with Gasteiger partial charge in [-0.15, -0.1) is 0 Å². The summed E-state index contributed by atoms with van der Waals surface area (Å²) in [5.41, 5.74) is 0.216. The van der Waals surface area contributed by atoms with Gasteiger partial charge in [-0.1, -0.05) is 13.8 Å². The van der Waals surface area contributed by atoms with Crippen molar-refractivity contribution in [2.75, 3.05) is 33.2 Å². The molecule has 9 heteroatoms. The standard InChI is InChI=1S/C33H47N3O6/c1-20(37)41-28-27(21-6-9-26(38)40-19-21)32(3)13-11-24-25(33(32)29(28)42-33)8-7-22-18-23(10-12-31(22,24)2)35(4)30(39)36-16-5-14-34-15-17-36/h6,9,19,22-25,27-29,34H,5,7-8,10-18H2,1-4H3/t22-,23+,24+,25-,27+,28-,29-,31+,32-,33-/m1/s1. The van der Waals surface area contributed by atoms with Gasteiger partial charge in [0.25, 0.3) is 0 Å². The van der Waals surface area contributed by atoms with Crippen LogP contribution in [-0.4, -0.2) is 78.9 Å². The van der Waals surface area contributed by atoms with E-state index in [0.29, 0.717) is 17.8 Å². The molecule has 42 heavy (non-hydrogen) atoms. The Bertz CT molecular complexity index is 1270. The van der Waals surface area contributed by atoms with Crippen molar-refractivity contribution >= 4 is 12.0 Å². The van der Waals surface area contributed by atoms with Gasteiger partial charge in [-0.3, -0.25) is 4.79 Å². The number of hydrogen-bond donors (Lipinski definition) is 1. The highest BCUT2D eigenvalue weighted by molar-refractivity contribution is 5.74. The summed E-state index contributed by atoms with van der Waals surface area (Å²) in [4.78, 5) is 41.6. The monoisotopic (exact) mass is 581 g/mol. The van der Waals surface area contributed by atoms with Gasteiger partial charge in [-0.2, -0.15) is 0 Å². The van der Waals surface area contributed by atoms with Crippen molar-refractivity contribution in [1.29, 1.82) is 0 Å². The minimum Gasteiger partial charge on any atom is -0.459 e. The first-order valence-corrected chi connectivity index (χ1v) is 16.3. The van der Waals surface area contributed by atoms with Crippen LogP contribution < -0.4 is 10.9 Å². The first-order chi connectivity index (χ1) is 20.1. The van der Waals surface area contributed by atoms with Crippen molar-refractivity contribution in [2.45, 2.75) is 102 Å². The molecule has 2 amide bonds. The molecule has 6 fully saturated rings. The molecule has 1 N–H and O–H groups in total. The number of urea groups is 1. The summed E-state index contributed by atoms with van der Waals surface area (Å²) < 4.78 is 18.1. The fourth-order valence-corrected chi connectivity index (χ4v) is 10.9. The number of ether oxygens (including phenoxy) is 2. The Morgan fingerprint density at radius 1 is 1.07 bits per heavy atom. The zero-order chi connectivity index (χ0) is 29.4. The highest BCUT2D eigenvalue weighted by Gasteiger charge is 2.84. The first-order valence-electron chi connectivity index (χ1n) is 16.3. The smallest absolute Gasteiger partial charge is 0.335 e. The molecule has 3 heterocycles. The Morgan fingerprint density at radius 3 is 2.67 bits per heavy atom. The summed E-state index contributed by atoms with van der Waals surface area (Å²) in [6.07, 6.45) is 9.66. The van der Waals surface area contributed by atoms with Crippen LogP contribution in [-0.2, 0) is 14.3 Å². The summed E-state index contributed by atoms with van der Waals surface area (Å²) in [7, 11) is 2.02. The molecular formula is C33H47N3O6. The molecule has 9 nitrogen and oxygen atoms in total. The van der Waals surface area contributed by atoms with Crippen molar-refractivity contribution in [3.63, 3.8) is 0 Å². The number of nitrogens with one attached hydrogen (secondary N) is 1. The lowest BCUT2D eigenvalue weighted by atomic mass is 9.44. The second-order valence-corrected chi connectivity index (χ2v) is 14.6. The summed E-state index contributed by atoms with van der Waals surface area (Å²) in [6, 6.07) is 3.80. The van der Waals surface area contributed by atoms with Crippen molar-refractivity contribution in [2.24, 2.45) is 28.6 Å². The molecule has 10 atom stereocenters. The van der Waals surface area contributed by atoms with Gasteiger partial charge in [0.05, 0.1) is 6.26 Å². The fraction of sp³-hybridized carbons (Fsp3) is 0.788. The van der Waals surface area contributed by atoms with Crippen molar-refractivity contribution in [3.05, 3.63) is 34.4 Å². The maximum Gasteiger partial charge on any atom is 0.335 e. The fourth-order valence-electron chi connectivity index (χ4n) is 10.9. The minimum atomic E-state index is -0.380. The Morgan fingerprint density at radius 2 is 1.90 bits per heavy atom. The molecule has 4 aliphatic carbocycles. The van der Waals surface area contributed by atoms with Crippen molar-refractivity contribution < 1.29 is 23.5 Å². The summed E-state index contributed by atoms with van der Waals surface area (Å²) in [5.74, 6) is 1.16. The number of carbonyl (C=O) groups is 2. The molecule has 6 aliphatic rings. The zero-order valence-corrected chi connectivity index (χ0v) is 25.6. The number of esters is 1. The maximum absolute atomic E-state index is 13.4. The van der Waals surface area contributed by atoms with Gasteiger partial charge < -0.3 is 29.0 Å². The van der Waals surface area contributed by atoms with Crippen LogP contribution in [0.4, 0.5) is 4.79 Å². The average Bonchev–Trinajstić information content (AvgIpc) is 3.73. The number of rotatable bonds is 3. The Balaban J connectivity index is 1.12. The van der Waals surface area contributed by atoms with E-state index in [4.69, 9.17) is 13.9 Å². The lowest BCUT2D eigenvalue weighted by Gasteiger charge is -2.61. The average molecular weight is 582 g/mol. The minimum absolute atomic E-state index is 0.0689. The lowest BCUT2D eigenvalue weighted by Crippen LogP contribution is -2.59. The van der Waals surface area contributed by atoms with E-state index >= 15 is 0 Å². The highest BCUT2D eigenvalue weighted by atomic mass is 16.7. The molecule has 1 aromatic heterocycles. The van der Waals surface area contributed by atoms with E-state index in [0.717, 1.165) is 83.1 Å². The molecule has 0 bridgehead atoms. The molecule has 4 saturated carbocycles. The third-order valence-corrected chi connectivity index (χ3v) is 12.9. The zero-order valence-electron chi connectivity index (χ0n) is 25.6. The SMILES string of the molecule is CC(=O)O[C@H]1[C@H]2O[C@]23[C@@H]2CC[C@@H]4C[C@@H](N(C)C(=O)N5CCCNCC5)CC[C@]4(C)[C@H]2CC[C@]3(C)[C@H]1c1ccc(=O)oc1. The molecule has 0 radical (unpaired) electrons. The second kappa shape index (κ2) is 10.1. The summed E-state index contributed by atoms with van der Waals surface area (Å²) >= 11 is 0. The molecule has 2 aliphatic heterocycles. The Hall–Kier alpha value is -2.39. The molecule has 1 aromatic rings. The van der Waals surface area contributed by atoms with E-state index in [1.165, 1.54) is 13.0 Å². The predicted octanol–water partition coefficient (Wildman–Crippen LogP) is 4.15. The van der Waals surface area contributed by atoms with Crippen LogP contribution in [0, 0.1) is 28.6 Å². The van der Waals surface area contributed by atoms with E-state index in [1.54, 1.807) is 6.26 Å². The van der Waals surface area contributed by atoms with Gasteiger partial charge in [0.1, 0.15) is 17.8 Å². The second-order valence-electron chi connectivity index (χ2n) is 14.6. The first kappa shape index (κ1) is 28.4. The maximum atomic E-state index is 13.4. The van der Waals surface area contributed by atoms with E-state index in [1.807, 2.05) is 18.0 Å². The number of epoxide rings is 1. The van der Waals surface area contributed by atoms with Gasteiger partial charge in [0.15, 0.2) is 0 Å². The van der Waals surface area contributed by atoms with Crippen LogP contribution in [0.1, 0.15) is 83.6 Å². The van der Waals surface area contributed by atoms with Crippen molar-refractivity contribution in [1.82, 2.24) is 15.1 Å². The number of hydrogen-bond acceptors (Lipinski definition) is 7. The van der Waals surface area contributed by atoms with Crippen LogP contribution in [0.3, 0.4) is 0 Å².